The third-order valence-corrected chi connectivity index (χ3v) is 9.38. The zero-order chi connectivity index (χ0) is 35.7. The molecule has 0 saturated carbocycles. The normalized spacial score (nSPS) is 12.0. The second kappa shape index (κ2) is 13.5. The van der Waals surface area contributed by atoms with Gasteiger partial charge in [0.25, 0.3) is 0 Å². The van der Waals surface area contributed by atoms with Gasteiger partial charge in [-0.3, -0.25) is 0 Å². The van der Waals surface area contributed by atoms with Crippen molar-refractivity contribution in [2.45, 2.75) is 6.92 Å². The van der Waals surface area contributed by atoms with E-state index in [0.29, 0.717) is 17.5 Å². The molecule has 0 N–H and O–H groups in total. The number of aromatic nitrogens is 6. The summed E-state index contributed by atoms with van der Waals surface area (Å²) in [7, 11) is 0. The second-order valence-electron chi connectivity index (χ2n) is 12.9. The van der Waals surface area contributed by atoms with Crippen molar-refractivity contribution in [3.63, 3.8) is 0 Å². The molecule has 53 heavy (non-hydrogen) atoms. The first kappa shape index (κ1) is 31.8. The Bertz CT molecular complexity index is 2840. The maximum atomic E-state index is 5.41. The summed E-state index contributed by atoms with van der Waals surface area (Å²) in [6.45, 7) is 5.91. The summed E-state index contributed by atoms with van der Waals surface area (Å²) in [5.41, 5.74) is 9.86. The van der Waals surface area contributed by atoms with Crippen molar-refractivity contribution in [1.29, 1.82) is 0 Å². The fraction of sp³-hybridized carbons (Fsp3) is 0.0213. The van der Waals surface area contributed by atoms with E-state index in [9.17, 15) is 0 Å². The monoisotopic (exact) mass is 680 g/mol. The van der Waals surface area contributed by atoms with Crippen LogP contribution in [0.15, 0.2) is 170 Å². The summed E-state index contributed by atoms with van der Waals surface area (Å²) in [6.07, 6.45) is 7.72. The summed E-state index contributed by atoms with van der Waals surface area (Å²) >= 11 is 0. The van der Waals surface area contributed by atoms with Crippen LogP contribution < -0.4 is 0 Å². The van der Waals surface area contributed by atoms with Crippen molar-refractivity contribution >= 4 is 49.2 Å². The van der Waals surface area contributed by atoms with Gasteiger partial charge in [0.2, 0.25) is 0 Å². The zero-order valence-corrected chi connectivity index (χ0v) is 29.0. The van der Waals surface area contributed by atoms with Gasteiger partial charge in [-0.15, -0.1) is 0 Å². The summed E-state index contributed by atoms with van der Waals surface area (Å²) in [4.78, 5) is 30.7. The smallest absolute Gasteiger partial charge is 0.164 e. The van der Waals surface area contributed by atoms with Crippen LogP contribution in [0.4, 0.5) is 0 Å². The minimum absolute atomic E-state index is 0.569. The Morgan fingerprint density at radius 3 is 1.72 bits per heavy atom. The first-order valence-corrected chi connectivity index (χ1v) is 17.5. The minimum atomic E-state index is 0.569. The molecule has 0 bridgehead atoms. The molecule has 0 aliphatic carbocycles. The predicted octanol–water partition coefficient (Wildman–Crippen LogP) is 11.5. The Morgan fingerprint density at radius 1 is 0.472 bits per heavy atom. The van der Waals surface area contributed by atoms with Gasteiger partial charge < -0.3 is 0 Å². The van der Waals surface area contributed by atoms with Gasteiger partial charge >= 0.3 is 0 Å². The summed E-state index contributed by atoms with van der Waals surface area (Å²) < 4.78 is 0. The van der Waals surface area contributed by atoms with E-state index >= 15 is 0 Å². The van der Waals surface area contributed by atoms with Gasteiger partial charge in [0.1, 0.15) is 0 Å². The van der Waals surface area contributed by atoms with E-state index < -0.39 is 0 Å². The lowest BCUT2D eigenvalue weighted by Gasteiger charge is -2.13. The lowest BCUT2D eigenvalue weighted by atomic mass is 10.00. The standard InChI is InChI=1S/C47H32N6/c1-3-4-8-15-30(2)41-38-28-35-23-22-32-25-27-39(31-16-9-5-10-17-31)48-42(32)43(35)50-44(38)37-26-24-36(29-40(37)49-41)47-52-45(33-18-11-6-12-19-33)51-46(53-47)34-20-13-7-14-21-34/h3-29H,1H2,2H3/b8-4-,30-15+. The fourth-order valence-corrected chi connectivity index (χ4v) is 6.71. The number of nitrogens with zero attached hydrogens (tertiary/aromatic N) is 6. The summed E-state index contributed by atoms with van der Waals surface area (Å²) in [6, 6.07) is 47.1. The molecule has 5 aromatic carbocycles. The molecule has 0 amide bonds. The van der Waals surface area contributed by atoms with Gasteiger partial charge in [0.15, 0.2) is 17.5 Å². The molecular weight excluding hydrogens is 649 g/mol. The van der Waals surface area contributed by atoms with Crippen LogP contribution in [0, 0.1) is 0 Å². The van der Waals surface area contributed by atoms with E-state index in [4.69, 9.17) is 29.9 Å². The van der Waals surface area contributed by atoms with Crippen LogP contribution in [0.3, 0.4) is 0 Å². The van der Waals surface area contributed by atoms with Gasteiger partial charge in [0, 0.05) is 43.8 Å². The first-order valence-electron chi connectivity index (χ1n) is 17.5. The van der Waals surface area contributed by atoms with Gasteiger partial charge in [-0.05, 0) is 36.8 Å². The Balaban J connectivity index is 1.29. The highest BCUT2D eigenvalue weighted by Gasteiger charge is 2.17. The topological polar surface area (TPSA) is 77.3 Å². The third-order valence-electron chi connectivity index (χ3n) is 9.38. The molecule has 4 heterocycles. The van der Waals surface area contributed by atoms with Crippen molar-refractivity contribution in [1.82, 2.24) is 29.9 Å². The van der Waals surface area contributed by atoms with E-state index in [2.05, 4.69) is 80.2 Å². The van der Waals surface area contributed by atoms with Crippen LogP contribution in [0.1, 0.15) is 12.6 Å². The molecule has 4 aromatic heterocycles. The van der Waals surface area contributed by atoms with E-state index in [1.54, 1.807) is 6.08 Å². The molecule has 9 aromatic rings. The van der Waals surface area contributed by atoms with Gasteiger partial charge in [-0.2, -0.15) is 0 Å². The number of hydrogen-bond donors (Lipinski definition) is 0. The number of allylic oxidation sites excluding steroid dienone is 5. The van der Waals surface area contributed by atoms with Gasteiger partial charge in [-0.1, -0.05) is 146 Å². The van der Waals surface area contributed by atoms with Crippen LogP contribution in [0.25, 0.3) is 94.6 Å². The maximum Gasteiger partial charge on any atom is 0.164 e. The molecule has 0 unspecified atom stereocenters. The molecule has 250 valence electrons. The Hall–Kier alpha value is -7.18. The van der Waals surface area contributed by atoms with E-state index in [0.717, 1.165) is 82.8 Å². The quantitative estimate of drug-likeness (QED) is 0.0947. The molecule has 0 aliphatic rings. The van der Waals surface area contributed by atoms with E-state index in [1.165, 1.54) is 0 Å². The molecule has 0 fully saturated rings. The zero-order valence-electron chi connectivity index (χ0n) is 29.0. The lowest BCUT2D eigenvalue weighted by Crippen LogP contribution is -2.00. The molecule has 0 atom stereocenters. The molecule has 0 spiro atoms. The highest BCUT2D eigenvalue weighted by Crippen LogP contribution is 2.36. The predicted molar refractivity (Wildman–Crippen MR) is 218 cm³/mol. The Labute approximate surface area is 306 Å². The average Bonchev–Trinajstić information content (AvgIpc) is 3.23. The van der Waals surface area contributed by atoms with Gasteiger partial charge in [0.05, 0.1) is 33.5 Å². The molecule has 6 heteroatoms. The van der Waals surface area contributed by atoms with E-state index in [1.807, 2.05) is 91.0 Å². The fourth-order valence-electron chi connectivity index (χ4n) is 6.71. The SMILES string of the molecule is C=C/C=C\C=C(/C)c1nc2cc(-c3nc(-c4ccccc4)nc(-c4ccccc4)n3)ccc2c2nc3c(ccc4ccc(-c5ccccc5)nc43)cc12. The highest BCUT2D eigenvalue weighted by atomic mass is 15.0. The number of benzene rings is 5. The largest absolute Gasteiger partial charge is 0.247 e. The van der Waals surface area contributed by atoms with Crippen LogP contribution in [0.2, 0.25) is 0 Å². The Kier molecular flexibility index (Phi) is 8.10. The summed E-state index contributed by atoms with van der Waals surface area (Å²) in [5, 5.41) is 3.94. The van der Waals surface area contributed by atoms with Gasteiger partial charge in [-0.25, -0.2) is 29.9 Å². The van der Waals surface area contributed by atoms with Crippen molar-refractivity contribution < 1.29 is 0 Å². The van der Waals surface area contributed by atoms with Crippen LogP contribution in [0.5, 0.6) is 0 Å². The lowest BCUT2D eigenvalue weighted by molar-refractivity contribution is 1.07. The molecule has 0 aliphatic heterocycles. The summed E-state index contributed by atoms with van der Waals surface area (Å²) in [5.74, 6) is 1.79. The number of fused-ring (bicyclic) bond motifs is 6. The number of pyridine rings is 3. The molecule has 0 saturated heterocycles. The van der Waals surface area contributed by atoms with Crippen molar-refractivity contribution in [3.05, 3.63) is 176 Å². The van der Waals surface area contributed by atoms with E-state index in [-0.39, 0.29) is 0 Å². The average molecular weight is 681 g/mol. The van der Waals surface area contributed by atoms with Crippen molar-refractivity contribution in [2.75, 3.05) is 0 Å². The van der Waals surface area contributed by atoms with Crippen LogP contribution in [-0.4, -0.2) is 29.9 Å². The van der Waals surface area contributed by atoms with Crippen LogP contribution >= 0.6 is 0 Å². The minimum Gasteiger partial charge on any atom is -0.247 e. The van der Waals surface area contributed by atoms with Crippen molar-refractivity contribution in [3.8, 4) is 45.4 Å². The maximum absolute atomic E-state index is 5.41. The van der Waals surface area contributed by atoms with Crippen molar-refractivity contribution in [2.24, 2.45) is 0 Å². The molecule has 6 nitrogen and oxygen atoms in total. The molecule has 0 radical (unpaired) electrons. The highest BCUT2D eigenvalue weighted by molar-refractivity contribution is 6.14. The number of hydrogen-bond acceptors (Lipinski definition) is 6. The molecule has 9 rings (SSSR count). The Morgan fingerprint density at radius 2 is 1.06 bits per heavy atom. The number of rotatable bonds is 7. The molecular formula is C47H32N6. The van der Waals surface area contributed by atoms with Crippen LogP contribution in [-0.2, 0) is 0 Å². The third kappa shape index (κ3) is 6.02. The second-order valence-corrected chi connectivity index (χ2v) is 12.9. The first-order chi connectivity index (χ1) is 26.1.